The molecule has 0 radical (unpaired) electrons. The van der Waals surface area contributed by atoms with Gasteiger partial charge in [-0.15, -0.1) is 0 Å². The normalized spacial score (nSPS) is 12.4. The van der Waals surface area contributed by atoms with Gasteiger partial charge in [-0.1, -0.05) is 65.8 Å². The first kappa shape index (κ1) is 31.5. The maximum absolute atomic E-state index is 13.2. The van der Waals surface area contributed by atoms with Crippen molar-refractivity contribution < 1.29 is 23.8 Å². The zero-order chi connectivity index (χ0) is 31.2. The molecular formula is C36H42N2O5. The molecule has 7 heteroatoms. The van der Waals surface area contributed by atoms with Crippen molar-refractivity contribution >= 4 is 22.6 Å². The van der Waals surface area contributed by atoms with Crippen LogP contribution in [0.2, 0.25) is 0 Å². The lowest BCUT2D eigenvalue weighted by atomic mass is 9.87. The van der Waals surface area contributed by atoms with E-state index in [1.54, 1.807) is 12.3 Å². The summed E-state index contributed by atoms with van der Waals surface area (Å²) in [6.07, 6.45) is 2.84. The van der Waals surface area contributed by atoms with Crippen LogP contribution in [0, 0.1) is 5.41 Å². The third-order valence-corrected chi connectivity index (χ3v) is 7.16. The number of pyridine rings is 1. The summed E-state index contributed by atoms with van der Waals surface area (Å²) in [5.41, 5.74) is 2.53. The van der Waals surface area contributed by atoms with Crippen LogP contribution in [-0.2, 0) is 21.4 Å². The number of methoxy groups -OCH3 is 1. The average Bonchev–Trinajstić information content (AvgIpc) is 2.96. The predicted octanol–water partition coefficient (Wildman–Crippen LogP) is 7.65. The highest BCUT2D eigenvalue weighted by atomic mass is 16.5. The first-order valence-electron chi connectivity index (χ1n) is 14.6. The SMILES string of the molecule is COC(=O)[C@H](Cc1ccc(OCCC(C)(C)C)cc1)NC(=O)c1cc2cc(Oc3ccc(C(C)(C)C)cc3)ccc2cn1. The van der Waals surface area contributed by atoms with Crippen molar-refractivity contribution in [2.45, 2.75) is 65.8 Å². The van der Waals surface area contributed by atoms with Crippen LogP contribution in [0.5, 0.6) is 17.2 Å². The van der Waals surface area contributed by atoms with Gasteiger partial charge in [-0.05, 0) is 82.3 Å². The van der Waals surface area contributed by atoms with Gasteiger partial charge in [-0.2, -0.15) is 0 Å². The summed E-state index contributed by atoms with van der Waals surface area (Å²) in [5, 5.41) is 4.45. The molecule has 1 aromatic heterocycles. The molecule has 226 valence electrons. The molecule has 0 aliphatic carbocycles. The molecule has 7 nitrogen and oxygen atoms in total. The van der Waals surface area contributed by atoms with Gasteiger partial charge < -0.3 is 19.5 Å². The number of nitrogens with one attached hydrogen (secondary N) is 1. The molecule has 0 unspecified atom stereocenters. The van der Waals surface area contributed by atoms with Gasteiger partial charge in [0.1, 0.15) is 29.0 Å². The molecular weight excluding hydrogens is 540 g/mol. The van der Waals surface area contributed by atoms with Crippen molar-refractivity contribution in [2.75, 3.05) is 13.7 Å². The molecule has 0 saturated heterocycles. The largest absolute Gasteiger partial charge is 0.494 e. The summed E-state index contributed by atoms with van der Waals surface area (Å²) in [5.74, 6) is 1.13. The van der Waals surface area contributed by atoms with Crippen LogP contribution in [0.15, 0.2) is 79.0 Å². The fourth-order valence-corrected chi connectivity index (χ4v) is 4.47. The minimum atomic E-state index is -0.881. The topological polar surface area (TPSA) is 86.8 Å². The highest BCUT2D eigenvalue weighted by Crippen LogP contribution is 2.29. The summed E-state index contributed by atoms with van der Waals surface area (Å²) in [4.78, 5) is 30.1. The fourth-order valence-electron chi connectivity index (χ4n) is 4.47. The fraction of sp³-hybridized carbons (Fsp3) is 0.361. The molecule has 4 aromatic rings. The number of carbonyl (C=O) groups excluding carboxylic acids is 2. The van der Waals surface area contributed by atoms with Gasteiger partial charge in [-0.3, -0.25) is 9.78 Å². The molecule has 43 heavy (non-hydrogen) atoms. The molecule has 0 bridgehead atoms. The number of nitrogens with zero attached hydrogens (tertiary/aromatic N) is 1. The lowest BCUT2D eigenvalue weighted by Crippen LogP contribution is -2.43. The molecule has 0 saturated carbocycles. The number of hydrogen-bond acceptors (Lipinski definition) is 6. The van der Waals surface area contributed by atoms with Crippen molar-refractivity contribution in [3.05, 3.63) is 95.8 Å². The third kappa shape index (κ3) is 9.05. The maximum atomic E-state index is 13.2. The van der Waals surface area contributed by atoms with Crippen LogP contribution < -0.4 is 14.8 Å². The van der Waals surface area contributed by atoms with E-state index in [4.69, 9.17) is 14.2 Å². The predicted molar refractivity (Wildman–Crippen MR) is 170 cm³/mol. The first-order chi connectivity index (χ1) is 20.3. The van der Waals surface area contributed by atoms with E-state index in [0.717, 1.165) is 34.3 Å². The standard InChI is InChI=1S/C36H42N2O5/c1-35(2,3)18-19-42-28-13-8-24(9-14-28)20-32(34(40)41-7)38-33(39)31-22-26-21-30(15-10-25(26)23-37-31)43-29-16-11-27(12-17-29)36(4,5)6/h8-17,21-23,32H,18-20H2,1-7H3,(H,38,39)/t32-/m0/s1. The molecule has 0 aliphatic rings. The van der Waals surface area contributed by atoms with E-state index in [1.807, 2.05) is 54.6 Å². The molecule has 0 spiro atoms. The van der Waals surface area contributed by atoms with Crippen LogP contribution in [0.4, 0.5) is 0 Å². The number of esters is 1. The molecule has 1 atom stereocenters. The van der Waals surface area contributed by atoms with Crippen LogP contribution >= 0.6 is 0 Å². The average molecular weight is 583 g/mol. The molecule has 0 fully saturated rings. The van der Waals surface area contributed by atoms with Crippen LogP contribution in [-0.4, -0.2) is 36.6 Å². The monoisotopic (exact) mass is 582 g/mol. The number of benzene rings is 3. The van der Waals surface area contributed by atoms with Gasteiger partial charge in [0.2, 0.25) is 0 Å². The lowest BCUT2D eigenvalue weighted by Gasteiger charge is -2.19. The highest BCUT2D eigenvalue weighted by molar-refractivity contribution is 5.98. The minimum Gasteiger partial charge on any atom is -0.494 e. The Balaban J connectivity index is 1.44. The molecule has 1 N–H and O–H groups in total. The van der Waals surface area contributed by atoms with E-state index in [1.165, 1.54) is 12.7 Å². The third-order valence-electron chi connectivity index (χ3n) is 7.16. The van der Waals surface area contributed by atoms with Crippen LogP contribution in [0.25, 0.3) is 10.8 Å². The number of hydrogen-bond donors (Lipinski definition) is 1. The Labute approximate surface area is 254 Å². The maximum Gasteiger partial charge on any atom is 0.328 e. The van der Waals surface area contributed by atoms with E-state index < -0.39 is 17.9 Å². The molecule has 0 aliphatic heterocycles. The zero-order valence-electron chi connectivity index (χ0n) is 26.2. The van der Waals surface area contributed by atoms with E-state index in [-0.39, 0.29) is 22.9 Å². The molecule has 1 amide bonds. The van der Waals surface area contributed by atoms with Gasteiger partial charge in [0, 0.05) is 18.0 Å². The first-order valence-corrected chi connectivity index (χ1v) is 14.6. The molecule has 1 heterocycles. The Morgan fingerprint density at radius 3 is 2.09 bits per heavy atom. The van der Waals surface area contributed by atoms with Crippen molar-refractivity contribution in [2.24, 2.45) is 5.41 Å². The zero-order valence-corrected chi connectivity index (χ0v) is 26.2. The summed E-state index contributed by atoms with van der Waals surface area (Å²) in [6.45, 7) is 13.7. The van der Waals surface area contributed by atoms with E-state index >= 15 is 0 Å². The Morgan fingerprint density at radius 2 is 1.47 bits per heavy atom. The second-order valence-electron chi connectivity index (χ2n) is 13.0. The van der Waals surface area contributed by atoms with Crippen molar-refractivity contribution in [1.82, 2.24) is 10.3 Å². The number of aromatic nitrogens is 1. The second-order valence-corrected chi connectivity index (χ2v) is 13.0. The molecule has 4 rings (SSSR count). The highest BCUT2D eigenvalue weighted by Gasteiger charge is 2.23. The Bertz CT molecular complexity index is 1550. The second kappa shape index (κ2) is 13.3. The number of rotatable bonds is 10. The Morgan fingerprint density at radius 1 is 0.814 bits per heavy atom. The van der Waals surface area contributed by atoms with Crippen LogP contribution in [0.3, 0.4) is 0 Å². The summed E-state index contributed by atoms with van der Waals surface area (Å²) < 4.78 is 16.9. The Hall–Kier alpha value is -4.39. The number of ether oxygens (including phenoxy) is 3. The van der Waals surface area contributed by atoms with Crippen molar-refractivity contribution in [1.29, 1.82) is 0 Å². The smallest absolute Gasteiger partial charge is 0.328 e. The summed E-state index contributed by atoms with van der Waals surface area (Å²) in [7, 11) is 1.31. The quantitative estimate of drug-likeness (QED) is 0.193. The van der Waals surface area contributed by atoms with Gasteiger partial charge >= 0.3 is 5.97 Å². The Kier molecular flexibility index (Phi) is 9.74. The molecule has 3 aromatic carbocycles. The lowest BCUT2D eigenvalue weighted by molar-refractivity contribution is -0.142. The van der Waals surface area contributed by atoms with Crippen molar-refractivity contribution in [3.63, 3.8) is 0 Å². The number of fused-ring (bicyclic) bond motifs is 1. The minimum absolute atomic E-state index is 0.0592. The summed E-state index contributed by atoms with van der Waals surface area (Å²) >= 11 is 0. The number of carbonyl (C=O) groups is 2. The van der Waals surface area contributed by atoms with Crippen molar-refractivity contribution in [3.8, 4) is 17.2 Å². The van der Waals surface area contributed by atoms with Gasteiger partial charge in [-0.25, -0.2) is 4.79 Å². The van der Waals surface area contributed by atoms with Gasteiger partial charge in [0.15, 0.2) is 0 Å². The van der Waals surface area contributed by atoms with E-state index in [2.05, 4.69) is 64.0 Å². The van der Waals surface area contributed by atoms with Crippen LogP contribution in [0.1, 0.15) is 69.6 Å². The van der Waals surface area contributed by atoms with Gasteiger partial charge in [0.05, 0.1) is 13.7 Å². The van der Waals surface area contributed by atoms with E-state index in [9.17, 15) is 9.59 Å². The number of amides is 1. The van der Waals surface area contributed by atoms with E-state index in [0.29, 0.717) is 12.4 Å². The van der Waals surface area contributed by atoms with Gasteiger partial charge in [0.25, 0.3) is 5.91 Å². The summed E-state index contributed by atoms with van der Waals surface area (Å²) in [6, 6.07) is 22.0.